The fourth-order valence-corrected chi connectivity index (χ4v) is 3.32. The SMILES string of the molecule is COc1ccc(CCN(C)C=CCc2cccc3cc(N)ccc23)cc1OC. The molecule has 3 rings (SSSR count). The molecular weight excluding hydrogens is 348 g/mol. The normalized spacial score (nSPS) is 11.1. The van der Waals surface area contributed by atoms with Crippen LogP contribution >= 0.6 is 0 Å². The van der Waals surface area contributed by atoms with Gasteiger partial charge in [-0.2, -0.15) is 0 Å². The molecule has 0 aromatic heterocycles. The van der Waals surface area contributed by atoms with Crippen molar-refractivity contribution in [1.29, 1.82) is 0 Å². The van der Waals surface area contributed by atoms with E-state index in [2.05, 4.69) is 54.6 Å². The van der Waals surface area contributed by atoms with Crippen molar-refractivity contribution < 1.29 is 9.47 Å². The lowest BCUT2D eigenvalue weighted by Gasteiger charge is -2.15. The molecule has 2 N–H and O–H groups in total. The first kappa shape index (κ1) is 19.6. The number of benzene rings is 3. The Kier molecular flexibility index (Phi) is 6.43. The predicted molar refractivity (Wildman–Crippen MR) is 117 cm³/mol. The Labute approximate surface area is 167 Å². The Morgan fingerprint density at radius 1 is 0.964 bits per heavy atom. The molecule has 0 heterocycles. The molecule has 0 amide bonds. The number of likely N-dealkylation sites (N-methyl/N-ethyl adjacent to an activating group) is 1. The maximum Gasteiger partial charge on any atom is 0.160 e. The lowest BCUT2D eigenvalue weighted by molar-refractivity contribution is 0.354. The van der Waals surface area contributed by atoms with Crippen molar-refractivity contribution in [3.63, 3.8) is 0 Å². The summed E-state index contributed by atoms with van der Waals surface area (Å²) in [4.78, 5) is 2.21. The molecule has 146 valence electrons. The number of rotatable bonds is 8. The molecule has 0 fully saturated rings. The summed E-state index contributed by atoms with van der Waals surface area (Å²) < 4.78 is 10.7. The number of nitrogens with zero attached hydrogens (tertiary/aromatic N) is 1. The summed E-state index contributed by atoms with van der Waals surface area (Å²) in [6.45, 7) is 0.929. The highest BCUT2D eigenvalue weighted by Gasteiger charge is 2.05. The average molecular weight is 377 g/mol. The molecule has 0 saturated carbocycles. The summed E-state index contributed by atoms with van der Waals surface area (Å²) in [7, 11) is 5.42. The van der Waals surface area contributed by atoms with Gasteiger partial charge in [-0.3, -0.25) is 0 Å². The lowest BCUT2D eigenvalue weighted by Crippen LogP contribution is -2.14. The number of hydrogen-bond donors (Lipinski definition) is 1. The standard InChI is InChI=1S/C24H28N2O2/c1-26(15-13-18-9-12-23(27-2)24(16-18)28-3)14-5-8-19-6-4-7-20-17-21(25)10-11-22(19)20/h4-7,9-12,14,16-17H,8,13,15,25H2,1-3H3. The Bertz CT molecular complexity index is 966. The van der Waals surface area contributed by atoms with Gasteiger partial charge in [-0.05, 0) is 65.2 Å². The third-order valence-corrected chi connectivity index (χ3v) is 4.89. The minimum absolute atomic E-state index is 0.761. The van der Waals surface area contributed by atoms with E-state index in [-0.39, 0.29) is 0 Å². The molecule has 0 bridgehead atoms. The van der Waals surface area contributed by atoms with Crippen molar-refractivity contribution >= 4 is 16.5 Å². The fraction of sp³-hybridized carbons (Fsp3) is 0.250. The quantitative estimate of drug-likeness (QED) is 0.581. The maximum absolute atomic E-state index is 5.89. The van der Waals surface area contributed by atoms with Crippen LogP contribution in [0, 0.1) is 0 Å². The second-order valence-corrected chi connectivity index (χ2v) is 6.91. The third-order valence-electron chi connectivity index (χ3n) is 4.89. The van der Waals surface area contributed by atoms with Crippen LogP contribution in [0.2, 0.25) is 0 Å². The molecule has 0 spiro atoms. The number of ether oxygens (including phenoxy) is 2. The molecular formula is C24H28N2O2. The minimum Gasteiger partial charge on any atom is -0.493 e. The molecule has 0 aliphatic carbocycles. The molecule has 28 heavy (non-hydrogen) atoms. The first-order valence-electron chi connectivity index (χ1n) is 9.45. The summed E-state index contributed by atoms with van der Waals surface area (Å²) in [5.41, 5.74) is 9.23. The summed E-state index contributed by atoms with van der Waals surface area (Å²) >= 11 is 0. The summed E-state index contributed by atoms with van der Waals surface area (Å²) in [6, 6.07) is 18.5. The van der Waals surface area contributed by atoms with Crippen LogP contribution in [0.15, 0.2) is 66.9 Å². The van der Waals surface area contributed by atoms with E-state index in [0.717, 1.165) is 36.6 Å². The van der Waals surface area contributed by atoms with E-state index < -0.39 is 0 Å². The van der Waals surface area contributed by atoms with Crippen LogP contribution in [0.5, 0.6) is 11.5 Å². The van der Waals surface area contributed by atoms with Crippen LogP contribution in [-0.2, 0) is 12.8 Å². The highest BCUT2D eigenvalue weighted by Crippen LogP contribution is 2.27. The Balaban J connectivity index is 1.58. The zero-order chi connectivity index (χ0) is 19.9. The topological polar surface area (TPSA) is 47.7 Å². The van der Waals surface area contributed by atoms with Crippen LogP contribution in [0.3, 0.4) is 0 Å². The van der Waals surface area contributed by atoms with Gasteiger partial charge in [-0.1, -0.05) is 36.4 Å². The van der Waals surface area contributed by atoms with E-state index >= 15 is 0 Å². The molecule has 4 nitrogen and oxygen atoms in total. The lowest BCUT2D eigenvalue weighted by atomic mass is 10.0. The predicted octanol–water partition coefficient (Wildman–Crippen LogP) is 4.67. The van der Waals surface area contributed by atoms with Crippen LogP contribution in [0.25, 0.3) is 10.8 Å². The number of methoxy groups -OCH3 is 2. The molecule has 3 aromatic carbocycles. The van der Waals surface area contributed by atoms with Gasteiger partial charge in [0.1, 0.15) is 0 Å². The van der Waals surface area contributed by atoms with Gasteiger partial charge in [0.25, 0.3) is 0 Å². The van der Waals surface area contributed by atoms with Gasteiger partial charge in [-0.15, -0.1) is 0 Å². The number of fused-ring (bicyclic) bond motifs is 1. The largest absolute Gasteiger partial charge is 0.493 e. The van der Waals surface area contributed by atoms with Gasteiger partial charge in [-0.25, -0.2) is 0 Å². The maximum atomic E-state index is 5.89. The first-order valence-corrected chi connectivity index (χ1v) is 9.45. The van der Waals surface area contributed by atoms with E-state index in [1.807, 2.05) is 24.3 Å². The zero-order valence-electron chi connectivity index (χ0n) is 16.8. The van der Waals surface area contributed by atoms with E-state index in [4.69, 9.17) is 15.2 Å². The zero-order valence-corrected chi connectivity index (χ0v) is 16.8. The third kappa shape index (κ3) is 4.77. The average Bonchev–Trinajstić information content (AvgIpc) is 2.71. The van der Waals surface area contributed by atoms with Crippen molar-refractivity contribution in [3.8, 4) is 11.5 Å². The Morgan fingerprint density at radius 3 is 2.57 bits per heavy atom. The van der Waals surface area contributed by atoms with Crippen LogP contribution in [0.1, 0.15) is 11.1 Å². The number of anilines is 1. The second-order valence-electron chi connectivity index (χ2n) is 6.91. The van der Waals surface area contributed by atoms with Gasteiger partial charge < -0.3 is 20.1 Å². The van der Waals surface area contributed by atoms with Crippen molar-refractivity contribution in [2.75, 3.05) is 33.5 Å². The monoisotopic (exact) mass is 376 g/mol. The Morgan fingerprint density at radius 2 is 1.79 bits per heavy atom. The van der Waals surface area contributed by atoms with Crippen molar-refractivity contribution in [2.24, 2.45) is 0 Å². The molecule has 3 aromatic rings. The van der Waals surface area contributed by atoms with Gasteiger partial charge in [0, 0.05) is 19.3 Å². The van der Waals surface area contributed by atoms with Crippen molar-refractivity contribution in [1.82, 2.24) is 4.90 Å². The van der Waals surface area contributed by atoms with Crippen molar-refractivity contribution in [3.05, 3.63) is 78.0 Å². The minimum atomic E-state index is 0.761. The number of nitrogen functional groups attached to an aromatic ring is 1. The van der Waals surface area contributed by atoms with Crippen LogP contribution in [-0.4, -0.2) is 32.7 Å². The fourth-order valence-electron chi connectivity index (χ4n) is 3.32. The smallest absolute Gasteiger partial charge is 0.160 e. The molecule has 0 radical (unpaired) electrons. The van der Waals surface area contributed by atoms with E-state index in [1.165, 1.54) is 21.9 Å². The van der Waals surface area contributed by atoms with Gasteiger partial charge in [0.2, 0.25) is 0 Å². The molecule has 0 aliphatic rings. The number of hydrogen-bond acceptors (Lipinski definition) is 4. The number of nitrogens with two attached hydrogens (primary N) is 1. The summed E-state index contributed by atoms with van der Waals surface area (Å²) in [5, 5.41) is 2.45. The van der Waals surface area contributed by atoms with Crippen LogP contribution < -0.4 is 15.2 Å². The Hall–Kier alpha value is -3.14. The van der Waals surface area contributed by atoms with E-state index in [0.29, 0.717) is 0 Å². The molecule has 0 aliphatic heterocycles. The number of allylic oxidation sites excluding steroid dienone is 1. The van der Waals surface area contributed by atoms with Crippen molar-refractivity contribution in [2.45, 2.75) is 12.8 Å². The highest BCUT2D eigenvalue weighted by molar-refractivity contribution is 5.88. The van der Waals surface area contributed by atoms with Crippen LogP contribution in [0.4, 0.5) is 5.69 Å². The van der Waals surface area contributed by atoms with Gasteiger partial charge >= 0.3 is 0 Å². The molecule has 0 atom stereocenters. The van der Waals surface area contributed by atoms with Gasteiger partial charge in [0.15, 0.2) is 11.5 Å². The molecule has 0 unspecified atom stereocenters. The summed E-state index contributed by atoms with van der Waals surface area (Å²) in [6.07, 6.45) is 6.19. The molecule has 4 heteroatoms. The van der Waals surface area contributed by atoms with Gasteiger partial charge in [0.05, 0.1) is 14.2 Å². The molecule has 0 saturated heterocycles. The van der Waals surface area contributed by atoms with E-state index in [9.17, 15) is 0 Å². The van der Waals surface area contributed by atoms with E-state index in [1.54, 1.807) is 14.2 Å². The second kappa shape index (κ2) is 9.18. The highest BCUT2D eigenvalue weighted by atomic mass is 16.5. The summed E-state index contributed by atoms with van der Waals surface area (Å²) in [5.74, 6) is 1.53. The first-order chi connectivity index (χ1) is 13.6.